The summed E-state index contributed by atoms with van der Waals surface area (Å²) in [5.74, 6) is -2.29. The summed E-state index contributed by atoms with van der Waals surface area (Å²) in [5.41, 5.74) is 0.750. The molecule has 7 heteroatoms. The Morgan fingerprint density at radius 3 is 2.48 bits per heavy atom. The standard InChI is InChI=1S/C14H8BrCl2F2NO/c15-9-4-8(5-10(16)13(9)17)14(21)20-6-7-1-2-11(18)12(19)3-7/h1-5H,6H2,(H,20,21). The van der Waals surface area contributed by atoms with Crippen LogP contribution in [0.3, 0.4) is 0 Å². The molecular formula is C14H8BrCl2F2NO. The third kappa shape index (κ3) is 3.93. The SMILES string of the molecule is O=C(NCc1ccc(F)c(F)c1)c1cc(Cl)c(Cl)c(Br)c1. The van der Waals surface area contributed by atoms with E-state index < -0.39 is 17.5 Å². The van der Waals surface area contributed by atoms with Gasteiger partial charge in [-0.3, -0.25) is 4.79 Å². The molecule has 2 rings (SSSR count). The van der Waals surface area contributed by atoms with Gasteiger partial charge in [-0.05, 0) is 45.8 Å². The maximum atomic E-state index is 13.1. The normalized spacial score (nSPS) is 10.5. The maximum absolute atomic E-state index is 13.1. The van der Waals surface area contributed by atoms with E-state index in [0.29, 0.717) is 20.6 Å². The number of hydrogen-bond acceptors (Lipinski definition) is 1. The molecule has 0 aliphatic rings. The monoisotopic (exact) mass is 393 g/mol. The largest absolute Gasteiger partial charge is 0.348 e. The van der Waals surface area contributed by atoms with Gasteiger partial charge in [-0.15, -0.1) is 0 Å². The molecule has 0 radical (unpaired) electrons. The zero-order chi connectivity index (χ0) is 15.6. The van der Waals surface area contributed by atoms with E-state index in [2.05, 4.69) is 21.2 Å². The smallest absolute Gasteiger partial charge is 0.251 e. The van der Waals surface area contributed by atoms with Crippen LogP contribution in [-0.2, 0) is 6.54 Å². The second-order valence-electron chi connectivity index (χ2n) is 4.19. The van der Waals surface area contributed by atoms with E-state index in [1.165, 1.54) is 18.2 Å². The van der Waals surface area contributed by atoms with Gasteiger partial charge >= 0.3 is 0 Å². The lowest BCUT2D eigenvalue weighted by molar-refractivity contribution is 0.0951. The second kappa shape index (κ2) is 6.73. The molecule has 0 bridgehead atoms. The van der Waals surface area contributed by atoms with Gasteiger partial charge in [0.25, 0.3) is 5.91 Å². The van der Waals surface area contributed by atoms with Crippen molar-refractivity contribution in [2.45, 2.75) is 6.54 Å². The van der Waals surface area contributed by atoms with Crippen LogP contribution < -0.4 is 5.32 Å². The number of benzene rings is 2. The molecule has 0 atom stereocenters. The Bertz CT molecular complexity index is 686. The molecule has 2 aromatic carbocycles. The summed E-state index contributed by atoms with van der Waals surface area (Å²) in [6, 6.07) is 6.38. The van der Waals surface area contributed by atoms with Crippen molar-refractivity contribution in [2.75, 3.05) is 0 Å². The molecule has 0 spiro atoms. The van der Waals surface area contributed by atoms with Crippen LogP contribution in [0.2, 0.25) is 10.0 Å². The second-order valence-corrected chi connectivity index (χ2v) is 5.82. The van der Waals surface area contributed by atoms with Crippen LogP contribution in [0.4, 0.5) is 8.78 Å². The number of carbonyl (C=O) groups excluding carboxylic acids is 1. The predicted octanol–water partition coefficient (Wildman–Crippen LogP) is 4.96. The Morgan fingerprint density at radius 1 is 1.14 bits per heavy atom. The van der Waals surface area contributed by atoms with Crippen LogP contribution in [0, 0.1) is 11.6 Å². The number of rotatable bonds is 3. The highest BCUT2D eigenvalue weighted by atomic mass is 79.9. The molecule has 1 amide bonds. The number of amides is 1. The summed E-state index contributed by atoms with van der Waals surface area (Å²) in [6.07, 6.45) is 0. The highest BCUT2D eigenvalue weighted by Gasteiger charge is 2.12. The Balaban J connectivity index is 2.10. The Kier molecular flexibility index (Phi) is 5.19. The van der Waals surface area contributed by atoms with Gasteiger partial charge in [0.15, 0.2) is 11.6 Å². The molecule has 0 aromatic heterocycles. The molecule has 0 fully saturated rings. The third-order valence-corrected chi connectivity index (χ3v) is 4.34. The van der Waals surface area contributed by atoms with Crippen LogP contribution in [0.25, 0.3) is 0 Å². The lowest BCUT2D eigenvalue weighted by atomic mass is 10.2. The summed E-state index contributed by atoms with van der Waals surface area (Å²) in [4.78, 5) is 12.0. The fraction of sp³-hybridized carbons (Fsp3) is 0.0714. The van der Waals surface area contributed by atoms with Crippen molar-refractivity contribution >= 4 is 45.0 Å². The fourth-order valence-electron chi connectivity index (χ4n) is 1.62. The van der Waals surface area contributed by atoms with Crippen molar-refractivity contribution in [1.82, 2.24) is 5.32 Å². The predicted molar refractivity (Wildman–Crippen MR) is 81.7 cm³/mol. The molecule has 2 aromatic rings. The average molecular weight is 395 g/mol. The summed E-state index contributed by atoms with van der Waals surface area (Å²) in [7, 11) is 0. The number of carbonyl (C=O) groups is 1. The summed E-state index contributed by atoms with van der Waals surface area (Å²) in [6.45, 7) is 0.0634. The van der Waals surface area contributed by atoms with Crippen LogP contribution >= 0.6 is 39.1 Å². The molecule has 21 heavy (non-hydrogen) atoms. The average Bonchev–Trinajstić information content (AvgIpc) is 2.45. The van der Waals surface area contributed by atoms with Gasteiger partial charge in [-0.1, -0.05) is 29.3 Å². The topological polar surface area (TPSA) is 29.1 Å². The van der Waals surface area contributed by atoms with Crippen molar-refractivity contribution in [3.8, 4) is 0 Å². The number of nitrogens with one attached hydrogen (secondary N) is 1. The molecule has 0 aliphatic heterocycles. The zero-order valence-electron chi connectivity index (χ0n) is 10.4. The quantitative estimate of drug-likeness (QED) is 0.732. The van der Waals surface area contributed by atoms with Crippen molar-refractivity contribution in [2.24, 2.45) is 0 Å². The van der Waals surface area contributed by atoms with E-state index in [9.17, 15) is 13.6 Å². The fourth-order valence-corrected chi connectivity index (χ4v) is 2.52. The Morgan fingerprint density at radius 2 is 1.86 bits per heavy atom. The van der Waals surface area contributed by atoms with E-state index in [0.717, 1.165) is 12.1 Å². The Labute approximate surface area is 138 Å². The third-order valence-electron chi connectivity index (χ3n) is 2.68. The minimum Gasteiger partial charge on any atom is -0.348 e. The first-order chi connectivity index (χ1) is 9.88. The van der Waals surface area contributed by atoms with E-state index in [1.807, 2.05) is 0 Å². The molecule has 0 saturated heterocycles. The van der Waals surface area contributed by atoms with Gasteiger partial charge in [0.1, 0.15) is 0 Å². The molecule has 0 heterocycles. The molecule has 110 valence electrons. The summed E-state index contributed by atoms with van der Waals surface area (Å²) >= 11 is 14.9. The van der Waals surface area contributed by atoms with Crippen molar-refractivity contribution in [1.29, 1.82) is 0 Å². The first-order valence-corrected chi connectivity index (χ1v) is 7.30. The zero-order valence-corrected chi connectivity index (χ0v) is 13.5. The summed E-state index contributed by atoms with van der Waals surface area (Å²) < 4.78 is 26.3. The molecule has 0 unspecified atom stereocenters. The van der Waals surface area contributed by atoms with Gasteiger partial charge in [0, 0.05) is 16.6 Å². The lowest BCUT2D eigenvalue weighted by Crippen LogP contribution is -2.23. The van der Waals surface area contributed by atoms with E-state index in [-0.39, 0.29) is 11.6 Å². The van der Waals surface area contributed by atoms with Crippen LogP contribution in [0.5, 0.6) is 0 Å². The van der Waals surface area contributed by atoms with Gasteiger partial charge in [-0.25, -0.2) is 8.78 Å². The van der Waals surface area contributed by atoms with Gasteiger partial charge in [0.05, 0.1) is 10.0 Å². The van der Waals surface area contributed by atoms with E-state index >= 15 is 0 Å². The van der Waals surface area contributed by atoms with Gasteiger partial charge in [-0.2, -0.15) is 0 Å². The first kappa shape index (κ1) is 16.2. The lowest BCUT2D eigenvalue weighted by Gasteiger charge is -2.08. The molecular weight excluding hydrogens is 387 g/mol. The summed E-state index contributed by atoms with van der Waals surface area (Å²) in [5, 5.41) is 3.14. The minimum atomic E-state index is -0.959. The van der Waals surface area contributed by atoms with E-state index in [1.54, 1.807) is 0 Å². The maximum Gasteiger partial charge on any atom is 0.251 e. The molecule has 0 saturated carbocycles. The van der Waals surface area contributed by atoms with Crippen LogP contribution in [0.1, 0.15) is 15.9 Å². The van der Waals surface area contributed by atoms with Crippen molar-refractivity contribution in [3.05, 3.63) is 67.6 Å². The van der Waals surface area contributed by atoms with Crippen molar-refractivity contribution in [3.63, 3.8) is 0 Å². The Hall–Kier alpha value is -1.17. The molecule has 0 aliphatic carbocycles. The van der Waals surface area contributed by atoms with E-state index in [4.69, 9.17) is 23.2 Å². The highest BCUT2D eigenvalue weighted by molar-refractivity contribution is 9.10. The minimum absolute atomic E-state index is 0.0634. The van der Waals surface area contributed by atoms with Crippen molar-refractivity contribution < 1.29 is 13.6 Å². The first-order valence-electron chi connectivity index (χ1n) is 5.75. The van der Waals surface area contributed by atoms with Gasteiger partial charge in [0.2, 0.25) is 0 Å². The van der Waals surface area contributed by atoms with Crippen LogP contribution in [-0.4, -0.2) is 5.91 Å². The molecule has 2 nitrogen and oxygen atoms in total. The number of halogens is 5. The van der Waals surface area contributed by atoms with Gasteiger partial charge < -0.3 is 5.32 Å². The number of hydrogen-bond donors (Lipinski definition) is 1. The highest BCUT2D eigenvalue weighted by Crippen LogP contribution is 2.31. The molecule has 1 N–H and O–H groups in total. The van der Waals surface area contributed by atoms with Crippen LogP contribution in [0.15, 0.2) is 34.8 Å².